The third-order valence-corrected chi connectivity index (χ3v) is 1.99. The molecule has 0 aromatic rings. The second-order valence-electron chi connectivity index (χ2n) is 3.73. The number of rotatable bonds is 5. The Balaban J connectivity index is 0.000000548. The first-order valence-electron chi connectivity index (χ1n) is 5.10. The Labute approximate surface area is 89.3 Å². The van der Waals surface area contributed by atoms with Crippen LogP contribution in [0.25, 0.3) is 0 Å². The summed E-state index contributed by atoms with van der Waals surface area (Å²) in [5, 5.41) is 17.6. The predicted octanol–water partition coefficient (Wildman–Crippen LogP) is 0.155. The molecular formula is C10H19NO4. The zero-order valence-corrected chi connectivity index (χ0v) is 8.93. The minimum Gasteiger partial charge on any atom is -0.481 e. The fraction of sp³-hybridized carbons (Fsp3) is 0.800. The number of carbonyl (C=O) groups is 2. The number of hydrogen-bond acceptors (Lipinski definition) is 4. The molecule has 0 aromatic carbocycles. The molecule has 4 N–H and O–H groups in total. The quantitative estimate of drug-likeness (QED) is 0.569. The van der Waals surface area contributed by atoms with Gasteiger partial charge >= 0.3 is 5.97 Å². The van der Waals surface area contributed by atoms with Crippen molar-refractivity contribution in [1.29, 1.82) is 0 Å². The summed E-state index contributed by atoms with van der Waals surface area (Å²) < 4.78 is 0. The summed E-state index contributed by atoms with van der Waals surface area (Å²) in [4.78, 5) is 20.5. The third kappa shape index (κ3) is 7.04. The zero-order valence-electron chi connectivity index (χ0n) is 8.93. The van der Waals surface area contributed by atoms with Crippen LogP contribution in [0.3, 0.4) is 0 Å². The molecule has 0 bridgehead atoms. The highest BCUT2D eigenvalue weighted by molar-refractivity contribution is 5.72. The molecule has 0 aromatic heterocycles. The van der Waals surface area contributed by atoms with E-state index in [0.717, 1.165) is 0 Å². The van der Waals surface area contributed by atoms with E-state index in [2.05, 4.69) is 0 Å². The van der Waals surface area contributed by atoms with Gasteiger partial charge in [-0.05, 0) is 6.92 Å². The van der Waals surface area contributed by atoms with E-state index in [1.807, 2.05) is 0 Å². The van der Waals surface area contributed by atoms with E-state index in [-0.39, 0.29) is 6.42 Å². The lowest BCUT2D eigenvalue weighted by atomic mass is 9.93. The summed E-state index contributed by atoms with van der Waals surface area (Å²) in [6.45, 7) is 1.34. The fourth-order valence-corrected chi connectivity index (χ4v) is 1.00. The van der Waals surface area contributed by atoms with E-state index >= 15 is 0 Å². The van der Waals surface area contributed by atoms with Crippen molar-refractivity contribution in [2.24, 2.45) is 11.7 Å². The van der Waals surface area contributed by atoms with Crippen LogP contribution in [-0.4, -0.2) is 34.6 Å². The van der Waals surface area contributed by atoms with Crippen molar-refractivity contribution >= 4 is 12.3 Å². The third-order valence-electron chi connectivity index (χ3n) is 1.99. The van der Waals surface area contributed by atoms with Gasteiger partial charge in [0.25, 0.3) is 0 Å². The Morgan fingerprint density at radius 2 is 1.93 bits per heavy atom. The van der Waals surface area contributed by atoms with Crippen molar-refractivity contribution in [3.63, 3.8) is 0 Å². The molecule has 5 nitrogen and oxygen atoms in total. The van der Waals surface area contributed by atoms with Crippen molar-refractivity contribution < 1.29 is 19.8 Å². The van der Waals surface area contributed by atoms with E-state index in [1.54, 1.807) is 0 Å². The first-order chi connectivity index (χ1) is 7.00. The number of aldehydes is 1. The van der Waals surface area contributed by atoms with E-state index < -0.39 is 24.0 Å². The van der Waals surface area contributed by atoms with Gasteiger partial charge in [-0.2, -0.15) is 0 Å². The maximum Gasteiger partial charge on any atom is 0.310 e. The molecule has 1 aliphatic carbocycles. The normalized spacial score (nSPS) is 19.1. The van der Waals surface area contributed by atoms with Crippen LogP contribution in [0.4, 0.5) is 0 Å². The summed E-state index contributed by atoms with van der Waals surface area (Å²) >= 11 is 0. The Morgan fingerprint density at radius 3 is 2.13 bits per heavy atom. The second kappa shape index (κ2) is 7.36. The first kappa shape index (κ1) is 14.1. The Hall–Kier alpha value is -0.940. The number of aliphatic hydroxyl groups is 1. The standard InChI is InChI=1S/C7H13NO4.C3H6/c1-4(10)6(7(11)12)5(8)2-3-9;1-2-3-1/h3-6,10H,2,8H2,1H3,(H,11,12);1-3H2/t4-,5-,6-;/m1./s1. The molecule has 1 rings (SSSR count). The monoisotopic (exact) mass is 217 g/mol. The predicted molar refractivity (Wildman–Crippen MR) is 55.3 cm³/mol. The van der Waals surface area contributed by atoms with Crippen LogP contribution < -0.4 is 5.73 Å². The summed E-state index contributed by atoms with van der Waals surface area (Å²) in [7, 11) is 0. The summed E-state index contributed by atoms with van der Waals surface area (Å²) in [6.07, 6.45) is 3.95. The molecule has 0 unspecified atom stereocenters. The SMILES string of the molecule is C1CC1.C[C@@H](O)[C@@H](C(=O)O)[C@H](N)CC=O. The lowest BCUT2D eigenvalue weighted by Gasteiger charge is -2.20. The van der Waals surface area contributed by atoms with E-state index in [0.29, 0.717) is 6.29 Å². The molecule has 0 saturated heterocycles. The lowest BCUT2D eigenvalue weighted by molar-refractivity contribution is -0.146. The highest BCUT2D eigenvalue weighted by Crippen LogP contribution is 2.14. The van der Waals surface area contributed by atoms with Crippen LogP contribution in [-0.2, 0) is 9.59 Å². The van der Waals surface area contributed by atoms with Crippen molar-refractivity contribution in [1.82, 2.24) is 0 Å². The van der Waals surface area contributed by atoms with Gasteiger partial charge in [0.05, 0.1) is 12.0 Å². The van der Waals surface area contributed by atoms with E-state index in [4.69, 9.17) is 15.9 Å². The van der Waals surface area contributed by atoms with Crippen LogP contribution in [0.2, 0.25) is 0 Å². The highest BCUT2D eigenvalue weighted by atomic mass is 16.4. The number of carboxylic acids is 1. The number of aliphatic carboxylic acids is 1. The number of nitrogens with two attached hydrogens (primary N) is 1. The van der Waals surface area contributed by atoms with Crippen LogP contribution in [0.15, 0.2) is 0 Å². The van der Waals surface area contributed by atoms with E-state index in [1.165, 1.54) is 26.2 Å². The van der Waals surface area contributed by atoms with Gasteiger partial charge in [-0.25, -0.2) is 0 Å². The maximum atomic E-state index is 10.5. The van der Waals surface area contributed by atoms with Gasteiger partial charge in [0.1, 0.15) is 6.29 Å². The van der Waals surface area contributed by atoms with Gasteiger partial charge in [0.2, 0.25) is 0 Å². The number of hydrogen-bond donors (Lipinski definition) is 3. The molecule has 0 radical (unpaired) electrons. The largest absolute Gasteiger partial charge is 0.481 e. The molecule has 5 heteroatoms. The van der Waals surface area contributed by atoms with Gasteiger partial charge in [-0.15, -0.1) is 0 Å². The minimum absolute atomic E-state index is 0.0537. The fourth-order valence-electron chi connectivity index (χ4n) is 1.00. The van der Waals surface area contributed by atoms with Gasteiger partial charge in [-0.3, -0.25) is 4.79 Å². The number of carbonyl (C=O) groups excluding carboxylic acids is 1. The first-order valence-corrected chi connectivity index (χ1v) is 5.10. The summed E-state index contributed by atoms with van der Waals surface area (Å²) in [5.41, 5.74) is 5.36. The number of aliphatic hydroxyl groups excluding tert-OH is 1. The Kier molecular flexibility index (Phi) is 6.90. The molecule has 0 amide bonds. The van der Waals surface area contributed by atoms with Gasteiger partial charge in [0, 0.05) is 12.5 Å². The molecular weight excluding hydrogens is 198 g/mol. The molecule has 1 saturated carbocycles. The van der Waals surface area contributed by atoms with Gasteiger partial charge < -0.3 is 20.7 Å². The number of carboxylic acid groups (broad SMARTS) is 1. The van der Waals surface area contributed by atoms with Gasteiger partial charge in [-0.1, -0.05) is 19.3 Å². The molecule has 0 aliphatic heterocycles. The molecule has 0 spiro atoms. The summed E-state index contributed by atoms with van der Waals surface area (Å²) in [5.74, 6) is -2.26. The topological polar surface area (TPSA) is 101 Å². The average molecular weight is 217 g/mol. The highest BCUT2D eigenvalue weighted by Gasteiger charge is 2.29. The molecule has 0 heterocycles. The smallest absolute Gasteiger partial charge is 0.310 e. The molecule has 1 fully saturated rings. The van der Waals surface area contributed by atoms with Crippen LogP contribution in [0.1, 0.15) is 32.6 Å². The van der Waals surface area contributed by atoms with Crippen molar-refractivity contribution in [3.05, 3.63) is 0 Å². The van der Waals surface area contributed by atoms with Crippen LogP contribution in [0.5, 0.6) is 0 Å². The minimum atomic E-state index is -1.18. The van der Waals surface area contributed by atoms with Crippen molar-refractivity contribution in [2.75, 3.05) is 0 Å². The van der Waals surface area contributed by atoms with Crippen LogP contribution in [0, 0.1) is 5.92 Å². The summed E-state index contributed by atoms with van der Waals surface area (Å²) in [6, 6.07) is -0.819. The lowest BCUT2D eigenvalue weighted by Crippen LogP contribution is -2.42. The molecule has 1 aliphatic rings. The van der Waals surface area contributed by atoms with Crippen molar-refractivity contribution in [2.45, 2.75) is 44.8 Å². The Bertz CT molecular complexity index is 201. The second-order valence-corrected chi connectivity index (χ2v) is 3.73. The van der Waals surface area contributed by atoms with Gasteiger partial charge in [0.15, 0.2) is 0 Å². The van der Waals surface area contributed by atoms with Crippen molar-refractivity contribution in [3.8, 4) is 0 Å². The zero-order chi connectivity index (χ0) is 11.8. The Morgan fingerprint density at radius 1 is 1.47 bits per heavy atom. The molecule has 3 atom stereocenters. The molecule has 15 heavy (non-hydrogen) atoms. The van der Waals surface area contributed by atoms with E-state index in [9.17, 15) is 9.59 Å². The maximum absolute atomic E-state index is 10.5. The van der Waals surface area contributed by atoms with Crippen LogP contribution >= 0.6 is 0 Å². The molecule has 88 valence electrons. The average Bonchev–Trinajstić information content (AvgIpc) is 2.87.